The molecule has 1 amide bonds. The molecule has 2 bridgehead atoms. The predicted molar refractivity (Wildman–Crippen MR) is 106 cm³/mol. The molecule has 2 N–H and O–H groups in total. The maximum atomic E-state index is 13.1. The predicted octanol–water partition coefficient (Wildman–Crippen LogP) is 3.66. The molecule has 1 aromatic rings. The van der Waals surface area contributed by atoms with E-state index in [1.165, 1.54) is 11.3 Å². The van der Waals surface area contributed by atoms with Gasteiger partial charge < -0.3 is 15.2 Å². The highest BCUT2D eigenvalue weighted by Crippen LogP contribution is 2.46. The first kappa shape index (κ1) is 19.2. The van der Waals surface area contributed by atoms with Gasteiger partial charge in [0.15, 0.2) is 0 Å². The number of carbonyl (C=O) groups excluding carboxylic acids is 2. The maximum absolute atomic E-state index is 13.1. The van der Waals surface area contributed by atoms with Gasteiger partial charge in [-0.15, -0.1) is 11.3 Å². The summed E-state index contributed by atoms with van der Waals surface area (Å²) in [6.07, 6.45) is 9.02. The van der Waals surface area contributed by atoms with E-state index in [1.807, 2.05) is 19.1 Å². The van der Waals surface area contributed by atoms with Crippen LogP contribution in [0.25, 0.3) is 0 Å². The Kier molecular flexibility index (Phi) is 5.27. The van der Waals surface area contributed by atoms with E-state index in [4.69, 9.17) is 4.74 Å². The number of fused-ring (bicyclic) bond motifs is 3. The Labute approximate surface area is 168 Å². The first-order chi connectivity index (χ1) is 13.5. The number of thiophene rings is 1. The number of allylic oxidation sites excluding steroid dienone is 2. The summed E-state index contributed by atoms with van der Waals surface area (Å²) in [6, 6.07) is 0. The van der Waals surface area contributed by atoms with Gasteiger partial charge in [0.1, 0.15) is 5.00 Å². The lowest BCUT2D eigenvalue weighted by atomic mass is 9.62. The van der Waals surface area contributed by atoms with Gasteiger partial charge in [-0.05, 0) is 55.9 Å². The minimum absolute atomic E-state index is 0.0617. The first-order valence-corrected chi connectivity index (χ1v) is 10.9. The Morgan fingerprint density at radius 3 is 2.54 bits per heavy atom. The van der Waals surface area contributed by atoms with Crippen LogP contribution >= 0.6 is 11.3 Å². The number of carboxylic acids is 1. The van der Waals surface area contributed by atoms with E-state index >= 15 is 0 Å². The summed E-state index contributed by atoms with van der Waals surface area (Å²) in [5, 5.41) is 13.1. The van der Waals surface area contributed by atoms with E-state index in [-0.39, 0.29) is 17.7 Å². The van der Waals surface area contributed by atoms with Crippen LogP contribution < -0.4 is 5.32 Å². The van der Waals surface area contributed by atoms with Crippen molar-refractivity contribution in [1.29, 1.82) is 0 Å². The third-order valence-electron chi connectivity index (χ3n) is 6.14. The molecule has 150 valence electrons. The third kappa shape index (κ3) is 3.26. The summed E-state index contributed by atoms with van der Waals surface area (Å²) in [6.45, 7) is 2.28. The zero-order chi connectivity index (χ0) is 19.8. The van der Waals surface area contributed by atoms with E-state index in [0.29, 0.717) is 17.2 Å². The van der Waals surface area contributed by atoms with Gasteiger partial charge in [-0.3, -0.25) is 9.59 Å². The van der Waals surface area contributed by atoms with Crippen molar-refractivity contribution in [3.8, 4) is 0 Å². The Morgan fingerprint density at radius 2 is 1.89 bits per heavy atom. The molecule has 0 spiro atoms. The number of carboxylic acid groups (broad SMARTS) is 1. The molecule has 0 aliphatic heterocycles. The molecule has 1 aromatic heterocycles. The van der Waals surface area contributed by atoms with Crippen LogP contribution in [0.1, 0.15) is 53.4 Å². The average molecular weight is 404 g/mol. The van der Waals surface area contributed by atoms with Crippen LogP contribution in [0.4, 0.5) is 5.00 Å². The number of ether oxygens (including phenoxy) is 1. The molecule has 6 nitrogen and oxygen atoms in total. The molecular weight excluding hydrogens is 378 g/mol. The van der Waals surface area contributed by atoms with Crippen molar-refractivity contribution in [3.05, 3.63) is 28.2 Å². The van der Waals surface area contributed by atoms with E-state index in [9.17, 15) is 19.5 Å². The lowest BCUT2D eigenvalue weighted by Gasteiger charge is -2.41. The topological polar surface area (TPSA) is 92.7 Å². The second-order valence-corrected chi connectivity index (χ2v) is 8.97. The fraction of sp³-hybridized carbons (Fsp3) is 0.571. The summed E-state index contributed by atoms with van der Waals surface area (Å²) in [5.74, 6) is -3.07. The second-order valence-electron chi connectivity index (χ2n) is 7.87. The summed E-state index contributed by atoms with van der Waals surface area (Å²) in [5.41, 5.74) is 1.46. The number of esters is 1. The van der Waals surface area contributed by atoms with Gasteiger partial charge in [-0.2, -0.15) is 0 Å². The van der Waals surface area contributed by atoms with Crippen LogP contribution in [0.3, 0.4) is 0 Å². The molecule has 1 heterocycles. The largest absolute Gasteiger partial charge is 0.481 e. The number of anilines is 1. The van der Waals surface area contributed by atoms with E-state index in [1.54, 1.807) is 0 Å². The van der Waals surface area contributed by atoms with Gasteiger partial charge in [0.05, 0.1) is 24.0 Å². The maximum Gasteiger partial charge on any atom is 0.341 e. The molecule has 0 radical (unpaired) electrons. The Hall–Kier alpha value is -2.15. The van der Waals surface area contributed by atoms with Crippen molar-refractivity contribution in [1.82, 2.24) is 0 Å². The van der Waals surface area contributed by atoms with E-state index < -0.39 is 23.8 Å². The zero-order valence-electron chi connectivity index (χ0n) is 15.9. The second kappa shape index (κ2) is 7.70. The Balaban J connectivity index is 1.60. The number of amides is 1. The summed E-state index contributed by atoms with van der Waals surface area (Å²) in [4.78, 5) is 38.7. The number of aliphatic carboxylic acids is 1. The lowest BCUT2D eigenvalue weighted by molar-refractivity contribution is -0.151. The van der Waals surface area contributed by atoms with Gasteiger partial charge in [0.2, 0.25) is 5.91 Å². The fourth-order valence-corrected chi connectivity index (χ4v) is 6.14. The van der Waals surface area contributed by atoms with Gasteiger partial charge in [-0.1, -0.05) is 19.1 Å². The van der Waals surface area contributed by atoms with Gasteiger partial charge >= 0.3 is 11.9 Å². The van der Waals surface area contributed by atoms with Crippen molar-refractivity contribution in [2.45, 2.75) is 45.4 Å². The number of aryl methyl sites for hydroxylation is 1. The molecule has 1 saturated carbocycles. The molecule has 4 aliphatic carbocycles. The van der Waals surface area contributed by atoms with Crippen LogP contribution in [0.5, 0.6) is 0 Å². The molecular formula is C21H25NO5S. The molecule has 4 aliphatic rings. The number of rotatable bonds is 6. The number of carbonyl (C=O) groups is 3. The van der Waals surface area contributed by atoms with E-state index in [0.717, 1.165) is 49.0 Å². The van der Waals surface area contributed by atoms with E-state index in [2.05, 4.69) is 5.32 Å². The van der Waals surface area contributed by atoms with Gasteiger partial charge in [0.25, 0.3) is 0 Å². The molecule has 5 rings (SSSR count). The molecule has 28 heavy (non-hydrogen) atoms. The Morgan fingerprint density at radius 1 is 1.18 bits per heavy atom. The highest BCUT2D eigenvalue weighted by atomic mass is 32.1. The van der Waals surface area contributed by atoms with Crippen LogP contribution in [0.2, 0.25) is 0 Å². The smallest absolute Gasteiger partial charge is 0.341 e. The van der Waals surface area contributed by atoms with Crippen molar-refractivity contribution in [2.24, 2.45) is 23.7 Å². The minimum atomic E-state index is -0.921. The number of hydrogen-bond acceptors (Lipinski definition) is 5. The molecule has 0 aromatic carbocycles. The SMILES string of the molecule is CCCOC(=O)c1c(NC(=O)[C@H]2[C@@H](C(=O)O)[C@H]3C=C[C@@H]2CC3)sc2c1CCC2. The standard InChI is InChI=1S/C21H25NO5S/c1-2-10-27-21(26)17-13-4-3-5-14(13)28-19(17)22-18(23)15-11-6-8-12(9-7-11)16(15)20(24)25/h6,8,11-12,15-16H,2-5,7,9-10H2,1H3,(H,22,23)(H,24,25)/t11-,12+,15-,16+/m1/s1. The van der Waals surface area contributed by atoms with Crippen molar-refractivity contribution in [3.63, 3.8) is 0 Å². The van der Waals surface area contributed by atoms with Crippen LogP contribution in [0, 0.1) is 23.7 Å². The minimum Gasteiger partial charge on any atom is -0.481 e. The molecule has 0 saturated heterocycles. The van der Waals surface area contributed by atoms with Crippen LogP contribution in [0.15, 0.2) is 12.2 Å². The highest BCUT2D eigenvalue weighted by molar-refractivity contribution is 7.17. The van der Waals surface area contributed by atoms with Gasteiger partial charge in [-0.25, -0.2) is 4.79 Å². The zero-order valence-corrected chi connectivity index (χ0v) is 16.7. The van der Waals surface area contributed by atoms with Crippen molar-refractivity contribution >= 4 is 34.2 Å². The lowest BCUT2D eigenvalue weighted by Crippen LogP contribution is -2.47. The molecule has 7 heteroatoms. The quantitative estimate of drug-likeness (QED) is 0.559. The molecule has 0 unspecified atom stereocenters. The Bertz CT molecular complexity index is 842. The molecule has 1 fully saturated rings. The van der Waals surface area contributed by atoms with Crippen LogP contribution in [-0.4, -0.2) is 29.6 Å². The number of hydrogen-bond donors (Lipinski definition) is 2. The van der Waals surface area contributed by atoms with Gasteiger partial charge in [0, 0.05) is 4.88 Å². The summed E-state index contributed by atoms with van der Waals surface area (Å²) < 4.78 is 5.35. The summed E-state index contributed by atoms with van der Waals surface area (Å²) in [7, 11) is 0. The number of nitrogens with one attached hydrogen (secondary N) is 1. The first-order valence-electron chi connectivity index (χ1n) is 10.0. The van der Waals surface area contributed by atoms with Crippen LogP contribution in [-0.2, 0) is 27.2 Å². The summed E-state index contributed by atoms with van der Waals surface area (Å²) >= 11 is 1.43. The monoisotopic (exact) mass is 403 g/mol. The fourth-order valence-electron chi connectivity index (χ4n) is 4.86. The normalized spacial score (nSPS) is 27.5. The van der Waals surface area contributed by atoms with Crippen molar-refractivity contribution < 1.29 is 24.2 Å². The third-order valence-corrected chi connectivity index (χ3v) is 7.34. The highest BCUT2D eigenvalue weighted by Gasteiger charge is 2.48. The molecule has 4 atom stereocenters. The average Bonchev–Trinajstić information content (AvgIpc) is 3.26. The van der Waals surface area contributed by atoms with Crippen molar-refractivity contribution in [2.75, 3.05) is 11.9 Å².